The van der Waals surface area contributed by atoms with Crippen LogP contribution in [0.5, 0.6) is 0 Å². The van der Waals surface area contributed by atoms with Gasteiger partial charge >= 0.3 is 0 Å². The van der Waals surface area contributed by atoms with Crippen LogP contribution in [0.15, 0.2) is 34.6 Å². The van der Waals surface area contributed by atoms with Crippen molar-refractivity contribution in [1.29, 1.82) is 0 Å². The Morgan fingerprint density at radius 1 is 1.38 bits per heavy atom. The molecule has 0 spiro atoms. The summed E-state index contributed by atoms with van der Waals surface area (Å²) in [5.41, 5.74) is 2.80. The fraction of sp³-hybridized carbons (Fsp3) is 0.400. The number of fused-ring (bicyclic) bond motifs is 3. The van der Waals surface area contributed by atoms with E-state index < -0.39 is 0 Å². The zero-order valence-electron chi connectivity index (χ0n) is 7.51. The zero-order chi connectivity index (χ0) is 8.84. The molecule has 3 heteroatoms. The van der Waals surface area contributed by atoms with Gasteiger partial charge in [-0.25, -0.2) is 0 Å². The van der Waals surface area contributed by atoms with Gasteiger partial charge in [-0.2, -0.15) is 5.11 Å². The van der Waals surface area contributed by atoms with E-state index in [1.165, 1.54) is 11.1 Å². The molecule has 66 valence electrons. The predicted octanol–water partition coefficient (Wildman–Crippen LogP) is 1.97. The van der Waals surface area contributed by atoms with E-state index in [1.807, 2.05) is 12.1 Å². The van der Waals surface area contributed by atoms with Gasteiger partial charge in [0.15, 0.2) is 0 Å². The molecule has 1 aliphatic carbocycles. The Labute approximate surface area is 77.1 Å². The van der Waals surface area contributed by atoms with Crippen LogP contribution in [0.1, 0.15) is 17.2 Å². The first-order chi connectivity index (χ1) is 6.36. The van der Waals surface area contributed by atoms with E-state index in [-0.39, 0.29) is 0 Å². The van der Waals surface area contributed by atoms with Gasteiger partial charge in [0.1, 0.15) is 6.04 Å². The number of rotatable bonds is 0. The van der Waals surface area contributed by atoms with Crippen LogP contribution >= 0.6 is 0 Å². The summed E-state index contributed by atoms with van der Waals surface area (Å²) in [6.45, 7) is 0. The third-order valence-electron chi connectivity index (χ3n) is 2.96. The summed E-state index contributed by atoms with van der Waals surface area (Å²) in [6.07, 6.45) is 1.09. The lowest BCUT2D eigenvalue weighted by Crippen LogP contribution is -2.24. The minimum absolute atomic E-state index is 0.293. The summed E-state index contributed by atoms with van der Waals surface area (Å²) >= 11 is 0. The Hall–Kier alpha value is -1.38. The molecule has 2 atom stereocenters. The Kier molecular flexibility index (Phi) is 1.26. The standard InChI is InChI=1S/C10H11N3/c1-13-9-6-7-4-2-3-5-8(7)10(9)11-12-13/h2-5,9-10H,6H2,1H3. The number of benzene rings is 1. The molecule has 0 aromatic heterocycles. The van der Waals surface area contributed by atoms with Crippen LogP contribution in [0.4, 0.5) is 0 Å². The SMILES string of the molecule is CN1N=NC2c3ccccc3CC21. The highest BCUT2D eigenvalue weighted by Gasteiger charge is 2.38. The number of likely N-dealkylation sites (N-methyl/N-ethyl adjacent to an activating group) is 1. The maximum Gasteiger partial charge on any atom is 0.120 e. The van der Waals surface area contributed by atoms with Crippen molar-refractivity contribution in [2.24, 2.45) is 10.3 Å². The van der Waals surface area contributed by atoms with Gasteiger partial charge in [0.25, 0.3) is 0 Å². The second-order valence-electron chi connectivity index (χ2n) is 3.69. The summed E-state index contributed by atoms with van der Waals surface area (Å²) in [7, 11) is 2.00. The van der Waals surface area contributed by atoms with Gasteiger partial charge < -0.3 is 0 Å². The summed E-state index contributed by atoms with van der Waals surface area (Å²) < 4.78 is 0. The molecule has 0 N–H and O–H groups in total. The quantitative estimate of drug-likeness (QED) is 0.589. The van der Waals surface area contributed by atoms with E-state index >= 15 is 0 Å². The predicted molar refractivity (Wildman–Crippen MR) is 49.3 cm³/mol. The van der Waals surface area contributed by atoms with E-state index in [0.29, 0.717) is 12.1 Å². The Bertz CT molecular complexity index is 372. The number of nitrogens with zero attached hydrogens (tertiary/aromatic N) is 3. The van der Waals surface area contributed by atoms with Crippen molar-refractivity contribution in [1.82, 2.24) is 5.01 Å². The normalized spacial score (nSPS) is 29.2. The van der Waals surface area contributed by atoms with Crippen molar-refractivity contribution in [3.8, 4) is 0 Å². The van der Waals surface area contributed by atoms with Gasteiger partial charge in [-0.1, -0.05) is 29.5 Å². The van der Waals surface area contributed by atoms with Crippen LogP contribution in [0.2, 0.25) is 0 Å². The van der Waals surface area contributed by atoms with Crippen molar-refractivity contribution < 1.29 is 0 Å². The van der Waals surface area contributed by atoms with Crippen molar-refractivity contribution in [3.63, 3.8) is 0 Å². The van der Waals surface area contributed by atoms with E-state index in [9.17, 15) is 0 Å². The lowest BCUT2D eigenvalue weighted by atomic mass is 10.1. The molecule has 1 aromatic rings. The summed E-state index contributed by atoms with van der Waals surface area (Å²) in [5.74, 6) is 0. The van der Waals surface area contributed by atoms with E-state index in [4.69, 9.17) is 0 Å². The third kappa shape index (κ3) is 0.842. The van der Waals surface area contributed by atoms with Crippen molar-refractivity contribution in [2.75, 3.05) is 7.05 Å². The molecule has 1 aliphatic heterocycles. The molecule has 0 saturated carbocycles. The molecule has 3 nitrogen and oxygen atoms in total. The van der Waals surface area contributed by atoms with E-state index in [0.717, 1.165) is 6.42 Å². The Balaban J connectivity index is 2.09. The molecule has 3 rings (SSSR count). The van der Waals surface area contributed by atoms with Gasteiger partial charge in [0.2, 0.25) is 0 Å². The average molecular weight is 173 g/mol. The molecular formula is C10H11N3. The molecule has 0 amide bonds. The topological polar surface area (TPSA) is 28.0 Å². The van der Waals surface area contributed by atoms with E-state index in [1.54, 1.807) is 0 Å². The Morgan fingerprint density at radius 2 is 2.23 bits per heavy atom. The lowest BCUT2D eigenvalue weighted by molar-refractivity contribution is 0.280. The third-order valence-corrected chi connectivity index (χ3v) is 2.96. The lowest BCUT2D eigenvalue weighted by Gasteiger charge is -2.14. The van der Waals surface area contributed by atoms with Gasteiger partial charge in [-0.15, -0.1) is 0 Å². The fourth-order valence-corrected chi connectivity index (χ4v) is 2.23. The molecule has 0 bridgehead atoms. The smallest absolute Gasteiger partial charge is 0.120 e. The highest BCUT2D eigenvalue weighted by atomic mass is 15.6. The molecular weight excluding hydrogens is 162 g/mol. The molecule has 1 aromatic carbocycles. The minimum atomic E-state index is 0.293. The van der Waals surface area contributed by atoms with Crippen LogP contribution in [0.25, 0.3) is 0 Å². The summed E-state index contributed by atoms with van der Waals surface area (Å²) in [5, 5.41) is 10.3. The second kappa shape index (κ2) is 2.31. The maximum atomic E-state index is 4.27. The zero-order valence-corrected chi connectivity index (χ0v) is 7.51. The first-order valence-electron chi connectivity index (χ1n) is 4.57. The summed E-state index contributed by atoms with van der Waals surface area (Å²) in [4.78, 5) is 0. The van der Waals surface area contributed by atoms with Crippen molar-refractivity contribution in [3.05, 3.63) is 35.4 Å². The Morgan fingerprint density at radius 3 is 3.15 bits per heavy atom. The average Bonchev–Trinajstić information content (AvgIpc) is 2.67. The van der Waals surface area contributed by atoms with Crippen LogP contribution in [0, 0.1) is 0 Å². The fourth-order valence-electron chi connectivity index (χ4n) is 2.23. The first kappa shape index (κ1) is 7.06. The van der Waals surface area contributed by atoms with Gasteiger partial charge in [0.05, 0.1) is 6.04 Å². The van der Waals surface area contributed by atoms with Crippen LogP contribution in [0.3, 0.4) is 0 Å². The van der Waals surface area contributed by atoms with Gasteiger partial charge in [-0.3, -0.25) is 5.01 Å². The molecule has 1 heterocycles. The van der Waals surface area contributed by atoms with Gasteiger partial charge in [0, 0.05) is 7.05 Å². The second-order valence-corrected chi connectivity index (χ2v) is 3.69. The van der Waals surface area contributed by atoms with Crippen LogP contribution in [-0.4, -0.2) is 18.1 Å². The highest BCUT2D eigenvalue weighted by Crippen LogP contribution is 2.40. The maximum absolute atomic E-state index is 4.27. The monoisotopic (exact) mass is 173 g/mol. The van der Waals surface area contributed by atoms with Crippen molar-refractivity contribution in [2.45, 2.75) is 18.5 Å². The van der Waals surface area contributed by atoms with Crippen LogP contribution in [-0.2, 0) is 6.42 Å². The van der Waals surface area contributed by atoms with Gasteiger partial charge in [-0.05, 0) is 17.5 Å². The number of hydrogen-bond donors (Lipinski definition) is 0. The minimum Gasteiger partial charge on any atom is -0.276 e. The largest absolute Gasteiger partial charge is 0.276 e. The van der Waals surface area contributed by atoms with E-state index in [2.05, 4.69) is 34.6 Å². The van der Waals surface area contributed by atoms with Crippen molar-refractivity contribution >= 4 is 0 Å². The molecule has 0 radical (unpaired) electrons. The number of hydrogen-bond acceptors (Lipinski definition) is 3. The molecule has 2 aliphatic rings. The highest BCUT2D eigenvalue weighted by molar-refractivity contribution is 5.37. The molecule has 13 heavy (non-hydrogen) atoms. The van der Waals surface area contributed by atoms with Crippen LogP contribution < -0.4 is 0 Å². The summed E-state index contributed by atoms with van der Waals surface area (Å²) in [6, 6.07) is 9.29. The molecule has 2 unspecified atom stereocenters. The molecule has 0 fully saturated rings. The molecule has 0 saturated heterocycles. The first-order valence-corrected chi connectivity index (χ1v) is 4.57.